The topological polar surface area (TPSA) is 61.6 Å². The molecular formula is C14H20BrNO4. The molecule has 5 nitrogen and oxygen atoms in total. The van der Waals surface area contributed by atoms with Gasteiger partial charge in [-0.25, -0.2) is 0 Å². The lowest BCUT2D eigenvalue weighted by molar-refractivity contribution is -0.385. The van der Waals surface area contributed by atoms with E-state index in [0.717, 1.165) is 12.0 Å². The maximum absolute atomic E-state index is 11.0. The van der Waals surface area contributed by atoms with Crippen LogP contribution in [-0.4, -0.2) is 24.7 Å². The third-order valence-corrected chi connectivity index (χ3v) is 3.35. The minimum absolute atomic E-state index is 0.0101. The van der Waals surface area contributed by atoms with Gasteiger partial charge in [0.1, 0.15) is 6.61 Å². The van der Waals surface area contributed by atoms with Crippen molar-refractivity contribution in [3.05, 3.63) is 33.9 Å². The number of nitro groups is 1. The van der Waals surface area contributed by atoms with E-state index >= 15 is 0 Å². The van der Waals surface area contributed by atoms with Crippen LogP contribution in [0.15, 0.2) is 18.2 Å². The number of nitro benzene ring substituents is 1. The van der Waals surface area contributed by atoms with Crippen LogP contribution in [0.1, 0.15) is 25.8 Å². The summed E-state index contributed by atoms with van der Waals surface area (Å²) in [5.41, 5.74) is 0.835. The van der Waals surface area contributed by atoms with Crippen molar-refractivity contribution < 1.29 is 14.4 Å². The Morgan fingerprint density at radius 1 is 1.30 bits per heavy atom. The summed E-state index contributed by atoms with van der Waals surface area (Å²) in [6.07, 6.45) is 1.00. The SMILES string of the molecule is CC(C)CCOCCOc1ccc(CBr)cc1[N+](=O)[O-]. The molecule has 0 saturated heterocycles. The number of rotatable bonds is 9. The molecule has 0 fully saturated rings. The molecule has 112 valence electrons. The number of alkyl halides is 1. The molecule has 0 saturated carbocycles. The molecule has 0 bridgehead atoms. The standard InChI is InChI=1S/C14H20BrNO4/c1-11(2)5-6-19-7-8-20-14-4-3-12(10-15)9-13(14)16(17)18/h3-4,9,11H,5-8,10H2,1-2H3. The summed E-state index contributed by atoms with van der Waals surface area (Å²) in [5, 5.41) is 11.6. The van der Waals surface area contributed by atoms with Gasteiger partial charge in [0.05, 0.1) is 11.5 Å². The Morgan fingerprint density at radius 3 is 2.65 bits per heavy atom. The number of ether oxygens (including phenoxy) is 2. The first kappa shape index (κ1) is 16.9. The predicted molar refractivity (Wildman–Crippen MR) is 81.5 cm³/mol. The second-order valence-corrected chi connectivity index (χ2v) is 5.40. The molecule has 1 aromatic carbocycles. The van der Waals surface area contributed by atoms with Crippen LogP contribution in [0.4, 0.5) is 5.69 Å². The third kappa shape index (κ3) is 5.88. The smallest absolute Gasteiger partial charge is 0.311 e. The summed E-state index contributed by atoms with van der Waals surface area (Å²) in [5.74, 6) is 0.890. The average Bonchev–Trinajstić information content (AvgIpc) is 2.42. The lowest BCUT2D eigenvalue weighted by atomic mass is 10.1. The van der Waals surface area contributed by atoms with Crippen molar-refractivity contribution in [1.29, 1.82) is 0 Å². The van der Waals surface area contributed by atoms with E-state index < -0.39 is 4.92 Å². The van der Waals surface area contributed by atoms with Crippen molar-refractivity contribution in [2.75, 3.05) is 19.8 Å². The van der Waals surface area contributed by atoms with Gasteiger partial charge >= 0.3 is 5.69 Å². The first-order valence-corrected chi connectivity index (χ1v) is 7.70. The number of hydrogen-bond acceptors (Lipinski definition) is 4. The average molecular weight is 346 g/mol. The Labute approximate surface area is 127 Å². The molecule has 20 heavy (non-hydrogen) atoms. The van der Waals surface area contributed by atoms with Crippen molar-refractivity contribution in [3.8, 4) is 5.75 Å². The Kier molecular flexibility index (Phi) is 7.54. The number of halogens is 1. The van der Waals surface area contributed by atoms with Crippen LogP contribution in [0.3, 0.4) is 0 Å². The van der Waals surface area contributed by atoms with Gasteiger partial charge in [-0.2, -0.15) is 0 Å². The van der Waals surface area contributed by atoms with Gasteiger partial charge in [-0.05, 0) is 24.0 Å². The normalized spacial score (nSPS) is 10.8. The molecule has 0 aromatic heterocycles. The molecule has 0 aliphatic rings. The van der Waals surface area contributed by atoms with E-state index in [1.165, 1.54) is 6.07 Å². The fourth-order valence-corrected chi connectivity index (χ4v) is 1.89. The Balaban J connectivity index is 2.45. The highest BCUT2D eigenvalue weighted by Gasteiger charge is 2.15. The molecule has 0 unspecified atom stereocenters. The van der Waals surface area contributed by atoms with Crippen molar-refractivity contribution in [2.24, 2.45) is 5.92 Å². The number of hydrogen-bond donors (Lipinski definition) is 0. The van der Waals surface area contributed by atoms with Gasteiger partial charge < -0.3 is 9.47 Å². The van der Waals surface area contributed by atoms with Gasteiger partial charge in [0.25, 0.3) is 0 Å². The van der Waals surface area contributed by atoms with Crippen LogP contribution in [0.25, 0.3) is 0 Å². The zero-order chi connectivity index (χ0) is 15.0. The van der Waals surface area contributed by atoms with Crippen molar-refractivity contribution in [2.45, 2.75) is 25.6 Å². The van der Waals surface area contributed by atoms with Crippen LogP contribution in [-0.2, 0) is 10.1 Å². The Bertz CT molecular complexity index is 437. The first-order chi connectivity index (χ1) is 9.54. The maximum atomic E-state index is 11.0. The van der Waals surface area contributed by atoms with E-state index in [1.54, 1.807) is 12.1 Å². The van der Waals surface area contributed by atoms with Crippen molar-refractivity contribution in [1.82, 2.24) is 0 Å². The van der Waals surface area contributed by atoms with Crippen LogP contribution < -0.4 is 4.74 Å². The van der Waals surface area contributed by atoms with Crippen LogP contribution in [0.2, 0.25) is 0 Å². The predicted octanol–water partition coefficient (Wildman–Crippen LogP) is 3.93. The fourth-order valence-electron chi connectivity index (χ4n) is 1.54. The second kappa shape index (κ2) is 8.92. The lowest BCUT2D eigenvalue weighted by Crippen LogP contribution is -2.09. The van der Waals surface area contributed by atoms with Gasteiger partial charge in [0, 0.05) is 18.0 Å². The van der Waals surface area contributed by atoms with Gasteiger partial charge in [-0.3, -0.25) is 10.1 Å². The third-order valence-electron chi connectivity index (χ3n) is 2.70. The van der Waals surface area contributed by atoms with E-state index in [-0.39, 0.29) is 11.4 Å². The maximum Gasteiger partial charge on any atom is 0.311 e. The Hall–Kier alpha value is -1.14. The monoisotopic (exact) mass is 345 g/mol. The summed E-state index contributed by atoms with van der Waals surface area (Å²) in [7, 11) is 0. The highest BCUT2D eigenvalue weighted by atomic mass is 79.9. The molecule has 0 atom stereocenters. The quantitative estimate of drug-likeness (QED) is 0.294. The molecule has 0 spiro atoms. The van der Waals surface area contributed by atoms with Gasteiger partial charge in [0.2, 0.25) is 0 Å². The van der Waals surface area contributed by atoms with Crippen LogP contribution >= 0.6 is 15.9 Å². The van der Waals surface area contributed by atoms with Crippen LogP contribution in [0.5, 0.6) is 5.75 Å². The van der Waals surface area contributed by atoms with Gasteiger partial charge in [0.15, 0.2) is 5.75 Å². The second-order valence-electron chi connectivity index (χ2n) is 4.84. The zero-order valence-corrected chi connectivity index (χ0v) is 13.4. The lowest BCUT2D eigenvalue weighted by Gasteiger charge is -2.09. The minimum atomic E-state index is -0.429. The van der Waals surface area contributed by atoms with Crippen molar-refractivity contribution in [3.63, 3.8) is 0 Å². The van der Waals surface area contributed by atoms with E-state index in [1.807, 2.05) is 0 Å². The Morgan fingerprint density at radius 2 is 2.05 bits per heavy atom. The minimum Gasteiger partial charge on any atom is -0.484 e. The molecule has 1 aromatic rings. The first-order valence-electron chi connectivity index (χ1n) is 6.58. The molecule has 0 heterocycles. The highest BCUT2D eigenvalue weighted by Crippen LogP contribution is 2.28. The van der Waals surface area contributed by atoms with Crippen LogP contribution in [0, 0.1) is 16.0 Å². The summed E-state index contributed by atoms with van der Waals surface area (Å²) in [6.45, 7) is 5.70. The molecule has 0 aliphatic carbocycles. The van der Waals surface area contributed by atoms with Gasteiger partial charge in [-0.15, -0.1) is 0 Å². The summed E-state index contributed by atoms with van der Waals surface area (Å²) >= 11 is 3.27. The molecule has 0 N–H and O–H groups in total. The molecular weight excluding hydrogens is 326 g/mol. The van der Waals surface area contributed by atoms with E-state index in [2.05, 4.69) is 29.8 Å². The highest BCUT2D eigenvalue weighted by molar-refractivity contribution is 9.08. The molecule has 6 heteroatoms. The number of nitrogens with zero attached hydrogens (tertiary/aromatic N) is 1. The molecule has 0 radical (unpaired) electrons. The molecule has 0 aliphatic heterocycles. The van der Waals surface area contributed by atoms with Crippen molar-refractivity contribution >= 4 is 21.6 Å². The molecule has 0 amide bonds. The van der Waals surface area contributed by atoms with E-state index in [0.29, 0.717) is 31.1 Å². The number of benzene rings is 1. The summed E-state index contributed by atoms with van der Waals surface area (Å²) in [6, 6.07) is 4.95. The van der Waals surface area contributed by atoms with E-state index in [4.69, 9.17) is 9.47 Å². The van der Waals surface area contributed by atoms with E-state index in [9.17, 15) is 10.1 Å². The largest absolute Gasteiger partial charge is 0.484 e. The molecule has 1 rings (SSSR count). The fraction of sp³-hybridized carbons (Fsp3) is 0.571. The zero-order valence-electron chi connectivity index (χ0n) is 11.8. The van der Waals surface area contributed by atoms with Gasteiger partial charge in [-0.1, -0.05) is 35.8 Å². The summed E-state index contributed by atoms with van der Waals surface area (Å²) < 4.78 is 10.8. The summed E-state index contributed by atoms with van der Waals surface area (Å²) in [4.78, 5) is 10.5.